The standard InChI is InChI=1S/C14H17Cl2NO2/c1-9(7-10(2)18)17-14(19)6-3-11-8-12(15)4-5-13(11)16/h3-6,8-10,18H,7H2,1-2H3,(H,17,19)/b6-3+. The first-order valence-corrected chi connectivity index (χ1v) is 6.75. The molecule has 3 nitrogen and oxygen atoms in total. The molecule has 104 valence electrons. The van der Waals surface area contributed by atoms with Gasteiger partial charge in [-0.1, -0.05) is 23.2 Å². The predicted octanol–water partition coefficient (Wildman–Crippen LogP) is 3.28. The van der Waals surface area contributed by atoms with E-state index in [9.17, 15) is 9.90 Å². The van der Waals surface area contributed by atoms with Crippen molar-refractivity contribution in [2.45, 2.75) is 32.4 Å². The van der Waals surface area contributed by atoms with Crippen LogP contribution in [0.3, 0.4) is 0 Å². The minimum atomic E-state index is -0.443. The quantitative estimate of drug-likeness (QED) is 0.820. The normalized spacial score (nSPS) is 14.4. The zero-order chi connectivity index (χ0) is 14.4. The van der Waals surface area contributed by atoms with E-state index in [0.717, 1.165) is 0 Å². The fraction of sp³-hybridized carbons (Fsp3) is 0.357. The molecule has 0 aromatic heterocycles. The number of hydrogen-bond acceptors (Lipinski definition) is 2. The third-order valence-corrected chi connectivity index (χ3v) is 3.03. The summed E-state index contributed by atoms with van der Waals surface area (Å²) in [6.07, 6.45) is 3.08. The molecular formula is C14H17Cl2NO2. The molecule has 5 heteroatoms. The zero-order valence-electron chi connectivity index (χ0n) is 10.9. The van der Waals surface area contributed by atoms with Gasteiger partial charge in [0.2, 0.25) is 5.91 Å². The molecular weight excluding hydrogens is 285 g/mol. The maximum Gasteiger partial charge on any atom is 0.244 e. The third kappa shape index (κ3) is 6.10. The summed E-state index contributed by atoms with van der Waals surface area (Å²) in [6, 6.07) is 4.96. The van der Waals surface area contributed by atoms with Gasteiger partial charge in [-0.3, -0.25) is 4.79 Å². The number of rotatable bonds is 5. The van der Waals surface area contributed by atoms with Crippen molar-refractivity contribution < 1.29 is 9.90 Å². The summed E-state index contributed by atoms with van der Waals surface area (Å²) < 4.78 is 0. The molecule has 0 spiro atoms. The van der Waals surface area contributed by atoms with Gasteiger partial charge in [0, 0.05) is 22.2 Å². The first-order chi connectivity index (χ1) is 8.88. The number of carbonyl (C=O) groups excluding carboxylic acids is 1. The van der Waals surface area contributed by atoms with Gasteiger partial charge in [-0.15, -0.1) is 0 Å². The highest BCUT2D eigenvalue weighted by atomic mass is 35.5. The van der Waals surface area contributed by atoms with Crippen LogP contribution in [0.5, 0.6) is 0 Å². The Balaban J connectivity index is 2.61. The molecule has 1 aromatic carbocycles. The Morgan fingerprint density at radius 1 is 1.42 bits per heavy atom. The molecule has 19 heavy (non-hydrogen) atoms. The van der Waals surface area contributed by atoms with E-state index >= 15 is 0 Å². The Hall–Kier alpha value is -1.03. The fourth-order valence-electron chi connectivity index (χ4n) is 1.67. The van der Waals surface area contributed by atoms with E-state index in [0.29, 0.717) is 22.0 Å². The maximum absolute atomic E-state index is 11.6. The molecule has 0 saturated carbocycles. The van der Waals surface area contributed by atoms with Gasteiger partial charge in [0.25, 0.3) is 0 Å². The summed E-state index contributed by atoms with van der Waals surface area (Å²) in [5.41, 5.74) is 0.687. The molecule has 0 bridgehead atoms. The van der Waals surface area contributed by atoms with E-state index in [-0.39, 0.29) is 11.9 Å². The molecule has 0 aliphatic carbocycles. The van der Waals surface area contributed by atoms with E-state index < -0.39 is 6.10 Å². The van der Waals surface area contributed by atoms with Gasteiger partial charge < -0.3 is 10.4 Å². The average molecular weight is 302 g/mol. The number of halogens is 2. The highest BCUT2D eigenvalue weighted by Crippen LogP contribution is 2.21. The molecule has 0 aliphatic heterocycles. The Kier molecular flexibility index (Phi) is 6.35. The van der Waals surface area contributed by atoms with Crippen LogP contribution >= 0.6 is 23.2 Å². The predicted molar refractivity (Wildman–Crippen MR) is 79.4 cm³/mol. The topological polar surface area (TPSA) is 49.3 Å². The second kappa shape index (κ2) is 7.53. The van der Waals surface area contributed by atoms with Crippen LogP contribution in [-0.4, -0.2) is 23.2 Å². The highest BCUT2D eigenvalue weighted by molar-refractivity contribution is 6.34. The number of aliphatic hydroxyl groups excluding tert-OH is 1. The van der Waals surface area contributed by atoms with Crippen molar-refractivity contribution in [3.05, 3.63) is 39.9 Å². The van der Waals surface area contributed by atoms with Gasteiger partial charge in [0.05, 0.1) is 6.10 Å². The van der Waals surface area contributed by atoms with Crippen LogP contribution < -0.4 is 5.32 Å². The lowest BCUT2D eigenvalue weighted by Crippen LogP contribution is -2.33. The van der Waals surface area contributed by atoms with Crippen molar-refractivity contribution in [3.8, 4) is 0 Å². The van der Waals surface area contributed by atoms with Crippen molar-refractivity contribution in [1.82, 2.24) is 5.32 Å². The van der Waals surface area contributed by atoms with Crippen LogP contribution in [0.1, 0.15) is 25.8 Å². The van der Waals surface area contributed by atoms with E-state index in [1.54, 1.807) is 31.2 Å². The molecule has 0 aliphatic rings. The van der Waals surface area contributed by atoms with Crippen LogP contribution in [0.25, 0.3) is 6.08 Å². The van der Waals surface area contributed by atoms with Crippen molar-refractivity contribution in [2.24, 2.45) is 0 Å². The number of benzene rings is 1. The zero-order valence-corrected chi connectivity index (χ0v) is 12.4. The minimum absolute atomic E-state index is 0.0908. The number of carbonyl (C=O) groups is 1. The minimum Gasteiger partial charge on any atom is -0.393 e. The molecule has 2 N–H and O–H groups in total. The second-order valence-corrected chi connectivity index (χ2v) is 5.34. The summed E-state index contributed by atoms with van der Waals surface area (Å²) in [5.74, 6) is -0.232. The van der Waals surface area contributed by atoms with E-state index in [2.05, 4.69) is 5.32 Å². The average Bonchev–Trinajstić information content (AvgIpc) is 2.29. The Bertz CT molecular complexity index is 473. The van der Waals surface area contributed by atoms with Gasteiger partial charge in [0.1, 0.15) is 0 Å². The van der Waals surface area contributed by atoms with E-state index in [1.165, 1.54) is 6.08 Å². The summed E-state index contributed by atoms with van der Waals surface area (Å²) >= 11 is 11.8. The van der Waals surface area contributed by atoms with Crippen molar-refractivity contribution in [3.63, 3.8) is 0 Å². The lowest BCUT2D eigenvalue weighted by atomic mass is 10.1. The summed E-state index contributed by atoms with van der Waals surface area (Å²) in [7, 11) is 0. The summed E-state index contributed by atoms with van der Waals surface area (Å²) in [4.78, 5) is 11.6. The molecule has 0 fully saturated rings. The smallest absolute Gasteiger partial charge is 0.244 e. The maximum atomic E-state index is 11.6. The molecule has 1 rings (SSSR count). The molecule has 0 saturated heterocycles. The summed E-state index contributed by atoms with van der Waals surface area (Å²) in [6.45, 7) is 3.52. The van der Waals surface area contributed by atoms with Gasteiger partial charge in [-0.05, 0) is 50.1 Å². The Morgan fingerprint density at radius 2 is 2.11 bits per heavy atom. The van der Waals surface area contributed by atoms with Crippen molar-refractivity contribution in [1.29, 1.82) is 0 Å². The number of hydrogen-bond donors (Lipinski definition) is 2. The monoisotopic (exact) mass is 301 g/mol. The van der Waals surface area contributed by atoms with Gasteiger partial charge >= 0.3 is 0 Å². The first-order valence-electron chi connectivity index (χ1n) is 6.00. The van der Waals surface area contributed by atoms with Crippen LogP contribution in [-0.2, 0) is 4.79 Å². The molecule has 1 amide bonds. The van der Waals surface area contributed by atoms with E-state index in [4.69, 9.17) is 23.2 Å². The van der Waals surface area contributed by atoms with Crippen LogP contribution in [0.2, 0.25) is 10.0 Å². The molecule has 0 heterocycles. The molecule has 0 radical (unpaired) electrons. The molecule has 2 atom stereocenters. The van der Waals surface area contributed by atoms with Gasteiger partial charge in [-0.25, -0.2) is 0 Å². The lowest BCUT2D eigenvalue weighted by molar-refractivity contribution is -0.117. The van der Waals surface area contributed by atoms with Crippen LogP contribution in [0, 0.1) is 0 Å². The third-order valence-electron chi connectivity index (χ3n) is 2.46. The Morgan fingerprint density at radius 3 is 2.74 bits per heavy atom. The van der Waals surface area contributed by atoms with Crippen molar-refractivity contribution >= 4 is 35.2 Å². The second-order valence-electron chi connectivity index (χ2n) is 4.49. The highest BCUT2D eigenvalue weighted by Gasteiger charge is 2.07. The van der Waals surface area contributed by atoms with Crippen molar-refractivity contribution in [2.75, 3.05) is 0 Å². The van der Waals surface area contributed by atoms with Crippen LogP contribution in [0.15, 0.2) is 24.3 Å². The molecule has 2 unspecified atom stereocenters. The van der Waals surface area contributed by atoms with Crippen LogP contribution in [0.4, 0.5) is 0 Å². The number of amides is 1. The summed E-state index contributed by atoms with van der Waals surface area (Å²) in [5, 5.41) is 13.1. The number of aliphatic hydroxyl groups is 1. The Labute approximate surface area is 123 Å². The fourth-order valence-corrected chi connectivity index (χ4v) is 2.03. The van der Waals surface area contributed by atoms with E-state index in [1.807, 2.05) is 6.92 Å². The molecule has 1 aromatic rings. The van der Waals surface area contributed by atoms with Gasteiger partial charge in [0.15, 0.2) is 0 Å². The largest absolute Gasteiger partial charge is 0.393 e. The number of nitrogens with one attached hydrogen (secondary N) is 1. The SMILES string of the molecule is CC(O)CC(C)NC(=O)/C=C/c1cc(Cl)ccc1Cl. The lowest BCUT2D eigenvalue weighted by Gasteiger charge is -2.13. The first kappa shape index (κ1) is 16.0. The van der Waals surface area contributed by atoms with Gasteiger partial charge in [-0.2, -0.15) is 0 Å².